The van der Waals surface area contributed by atoms with Crippen molar-refractivity contribution in [2.45, 2.75) is 47.0 Å². The minimum Gasteiger partial charge on any atom is -0.352 e. The number of rotatable bonds is 6. The van der Waals surface area contributed by atoms with E-state index in [1.807, 2.05) is 6.92 Å². The van der Waals surface area contributed by atoms with Crippen LogP contribution in [0.1, 0.15) is 41.3 Å². The van der Waals surface area contributed by atoms with Gasteiger partial charge in [-0.05, 0) is 32.8 Å². The van der Waals surface area contributed by atoms with Crippen LogP contribution in [0, 0.1) is 19.8 Å². The van der Waals surface area contributed by atoms with E-state index in [1.54, 1.807) is 18.5 Å². The number of aromatic nitrogens is 4. The number of alkyl halides is 3. The molecule has 0 radical (unpaired) electrons. The lowest BCUT2D eigenvalue weighted by Gasteiger charge is -2.16. The first-order chi connectivity index (χ1) is 11.6. The Morgan fingerprint density at radius 1 is 1.32 bits per heavy atom. The summed E-state index contributed by atoms with van der Waals surface area (Å²) in [5.74, 6) is -0.498. The monoisotopic (exact) mass is 357 g/mol. The summed E-state index contributed by atoms with van der Waals surface area (Å²) in [6, 6.07) is 1.02. The number of carbonyl (C=O) groups is 1. The van der Waals surface area contributed by atoms with Crippen LogP contribution in [0.2, 0.25) is 0 Å². The zero-order chi connectivity index (χ0) is 18.8. The summed E-state index contributed by atoms with van der Waals surface area (Å²) in [6.45, 7) is 7.98. The van der Waals surface area contributed by atoms with Gasteiger partial charge < -0.3 is 5.32 Å². The fraction of sp³-hybridized carbons (Fsp3) is 0.562. The first-order valence-corrected chi connectivity index (χ1v) is 8.05. The summed E-state index contributed by atoms with van der Waals surface area (Å²) in [7, 11) is 0. The molecule has 0 aliphatic carbocycles. The normalized spacial score (nSPS) is 13.1. The van der Waals surface area contributed by atoms with Crippen LogP contribution in [0.4, 0.5) is 13.2 Å². The third-order valence-corrected chi connectivity index (χ3v) is 3.94. The van der Waals surface area contributed by atoms with Crippen molar-refractivity contribution in [3.05, 3.63) is 34.9 Å². The van der Waals surface area contributed by atoms with Gasteiger partial charge in [0.15, 0.2) is 0 Å². The van der Waals surface area contributed by atoms with E-state index in [9.17, 15) is 18.0 Å². The number of carbonyl (C=O) groups excluding carboxylic acids is 1. The Morgan fingerprint density at radius 2 is 2.00 bits per heavy atom. The van der Waals surface area contributed by atoms with Gasteiger partial charge in [-0.25, -0.2) is 0 Å². The van der Waals surface area contributed by atoms with Crippen molar-refractivity contribution >= 4 is 5.91 Å². The first kappa shape index (κ1) is 19.0. The van der Waals surface area contributed by atoms with E-state index in [4.69, 9.17) is 0 Å². The molecule has 1 amide bonds. The van der Waals surface area contributed by atoms with Crippen molar-refractivity contribution in [1.29, 1.82) is 0 Å². The van der Waals surface area contributed by atoms with Crippen LogP contribution in [0.25, 0.3) is 0 Å². The minimum atomic E-state index is -4.45. The van der Waals surface area contributed by atoms with Crippen molar-refractivity contribution in [2.75, 3.05) is 6.54 Å². The van der Waals surface area contributed by atoms with Crippen molar-refractivity contribution in [2.24, 2.45) is 5.92 Å². The first-order valence-electron chi connectivity index (χ1n) is 8.05. The Bertz CT molecular complexity index is 748. The summed E-state index contributed by atoms with van der Waals surface area (Å²) >= 11 is 0. The van der Waals surface area contributed by atoms with Crippen LogP contribution in [0.5, 0.6) is 0 Å². The fourth-order valence-electron chi connectivity index (χ4n) is 2.62. The Hall–Kier alpha value is -2.32. The third-order valence-electron chi connectivity index (χ3n) is 3.94. The summed E-state index contributed by atoms with van der Waals surface area (Å²) in [5.41, 5.74) is 0.768. The Kier molecular flexibility index (Phi) is 5.54. The highest BCUT2D eigenvalue weighted by Crippen LogP contribution is 2.30. The number of nitrogens with zero attached hydrogens (tertiary/aromatic N) is 4. The minimum absolute atomic E-state index is 0.0656. The number of amides is 1. The summed E-state index contributed by atoms with van der Waals surface area (Å²) in [6.07, 6.45) is -2.95. The largest absolute Gasteiger partial charge is 0.433 e. The van der Waals surface area contributed by atoms with E-state index < -0.39 is 11.9 Å². The predicted octanol–water partition coefficient (Wildman–Crippen LogP) is 2.80. The highest BCUT2D eigenvalue weighted by molar-refractivity contribution is 5.95. The maximum absolute atomic E-state index is 13.0. The van der Waals surface area contributed by atoms with E-state index >= 15 is 0 Å². The highest BCUT2D eigenvalue weighted by Gasteiger charge is 2.35. The zero-order valence-electron chi connectivity index (χ0n) is 14.7. The van der Waals surface area contributed by atoms with Crippen LogP contribution in [0.15, 0.2) is 12.3 Å². The Labute approximate surface area is 144 Å². The van der Waals surface area contributed by atoms with Gasteiger partial charge in [0.1, 0.15) is 5.69 Å². The lowest BCUT2D eigenvalue weighted by atomic mass is 10.1. The van der Waals surface area contributed by atoms with Crippen LogP contribution in [-0.4, -0.2) is 32.0 Å². The molecule has 0 fully saturated rings. The molecular formula is C16H22F3N5O. The van der Waals surface area contributed by atoms with E-state index in [0.717, 1.165) is 16.4 Å². The van der Waals surface area contributed by atoms with E-state index in [2.05, 4.69) is 15.5 Å². The molecule has 0 aliphatic heterocycles. The number of hydrogen-bond donors (Lipinski definition) is 1. The highest BCUT2D eigenvalue weighted by atomic mass is 19.4. The summed E-state index contributed by atoms with van der Waals surface area (Å²) in [5, 5.41) is 10.8. The van der Waals surface area contributed by atoms with Gasteiger partial charge in [-0.15, -0.1) is 0 Å². The molecule has 138 valence electrons. The summed E-state index contributed by atoms with van der Waals surface area (Å²) < 4.78 is 41.6. The number of halogens is 3. The quantitative estimate of drug-likeness (QED) is 0.865. The van der Waals surface area contributed by atoms with E-state index in [-0.39, 0.29) is 24.9 Å². The van der Waals surface area contributed by atoms with E-state index in [1.165, 1.54) is 13.1 Å². The fourth-order valence-corrected chi connectivity index (χ4v) is 2.62. The second-order valence-electron chi connectivity index (χ2n) is 6.13. The van der Waals surface area contributed by atoms with Crippen LogP contribution in [0.3, 0.4) is 0 Å². The lowest BCUT2D eigenvalue weighted by Crippen LogP contribution is -2.31. The van der Waals surface area contributed by atoms with Crippen LogP contribution >= 0.6 is 0 Å². The molecule has 1 unspecified atom stereocenters. The van der Waals surface area contributed by atoms with Gasteiger partial charge in [0.2, 0.25) is 0 Å². The van der Waals surface area contributed by atoms with Gasteiger partial charge in [-0.3, -0.25) is 14.2 Å². The smallest absolute Gasteiger partial charge is 0.352 e. The van der Waals surface area contributed by atoms with Gasteiger partial charge in [0.25, 0.3) is 5.91 Å². The van der Waals surface area contributed by atoms with Gasteiger partial charge in [-0.1, -0.05) is 6.92 Å². The molecular weight excluding hydrogens is 335 g/mol. The molecule has 0 aromatic carbocycles. The second kappa shape index (κ2) is 7.28. The van der Waals surface area contributed by atoms with Crippen molar-refractivity contribution in [1.82, 2.24) is 24.9 Å². The Balaban J connectivity index is 1.98. The molecule has 2 aromatic heterocycles. The molecule has 9 heteroatoms. The van der Waals surface area contributed by atoms with Crippen LogP contribution in [-0.2, 0) is 19.3 Å². The maximum Gasteiger partial charge on any atom is 0.433 e. The average molecular weight is 357 g/mol. The van der Waals surface area contributed by atoms with Crippen molar-refractivity contribution in [3.8, 4) is 0 Å². The molecule has 0 saturated carbocycles. The van der Waals surface area contributed by atoms with Gasteiger partial charge in [-0.2, -0.15) is 23.4 Å². The molecule has 6 nitrogen and oxygen atoms in total. The van der Waals surface area contributed by atoms with Gasteiger partial charge >= 0.3 is 6.18 Å². The van der Waals surface area contributed by atoms with Gasteiger partial charge in [0.05, 0.1) is 17.5 Å². The third kappa shape index (κ3) is 4.40. The van der Waals surface area contributed by atoms with Crippen LogP contribution < -0.4 is 5.32 Å². The van der Waals surface area contributed by atoms with Crippen molar-refractivity contribution in [3.63, 3.8) is 0 Å². The molecule has 0 saturated heterocycles. The van der Waals surface area contributed by atoms with E-state index in [0.29, 0.717) is 17.8 Å². The standard InChI is InChI=1S/C16H22F3N5O/c1-5-23-12(4)13(8-21-23)15(25)20-7-10(2)9-24-14(16(17,18)19)6-11(3)22-24/h6,8,10H,5,7,9H2,1-4H3,(H,20,25). The molecule has 2 rings (SSSR count). The zero-order valence-corrected chi connectivity index (χ0v) is 14.7. The molecule has 0 bridgehead atoms. The molecule has 0 spiro atoms. The molecule has 2 aromatic rings. The number of nitrogens with one attached hydrogen (secondary N) is 1. The summed E-state index contributed by atoms with van der Waals surface area (Å²) in [4.78, 5) is 12.2. The van der Waals surface area contributed by atoms with Gasteiger partial charge in [0, 0.05) is 25.3 Å². The lowest BCUT2D eigenvalue weighted by molar-refractivity contribution is -0.144. The molecule has 0 aliphatic rings. The average Bonchev–Trinajstić information content (AvgIpc) is 3.07. The maximum atomic E-state index is 13.0. The molecule has 1 atom stereocenters. The second-order valence-corrected chi connectivity index (χ2v) is 6.13. The van der Waals surface area contributed by atoms with Crippen molar-refractivity contribution < 1.29 is 18.0 Å². The number of hydrogen-bond acceptors (Lipinski definition) is 3. The topological polar surface area (TPSA) is 64.7 Å². The predicted molar refractivity (Wildman–Crippen MR) is 86.1 cm³/mol. The molecule has 25 heavy (non-hydrogen) atoms. The number of aryl methyl sites for hydroxylation is 2. The molecule has 1 N–H and O–H groups in total. The Morgan fingerprint density at radius 3 is 2.56 bits per heavy atom. The SMILES string of the molecule is CCn1ncc(C(=O)NCC(C)Cn2nc(C)cc2C(F)(F)F)c1C. The molecule has 2 heterocycles.